The Kier molecular flexibility index (Phi) is 7.00. The monoisotopic (exact) mass is 239 g/mol. The second-order valence-corrected chi connectivity index (χ2v) is 7.09. The van der Waals surface area contributed by atoms with Gasteiger partial charge in [-0.2, -0.15) is 0 Å². The third-order valence-corrected chi connectivity index (χ3v) is 3.76. The highest BCUT2D eigenvalue weighted by molar-refractivity contribution is 7.84. The Morgan fingerprint density at radius 3 is 2.43 bits per heavy atom. The Bertz CT molecular complexity index is 179. The Balaban J connectivity index is 3.67. The highest BCUT2D eigenvalue weighted by Crippen LogP contribution is 2.10. The lowest BCUT2D eigenvalue weighted by atomic mass is 10.1. The fourth-order valence-electron chi connectivity index (χ4n) is 0.962. The molecular weight excluding hydrogens is 218 g/mol. The van der Waals surface area contributed by atoms with Crippen molar-refractivity contribution in [2.75, 3.05) is 12.4 Å². The number of nitrogens with one attached hydrogen (secondary N) is 1. The summed E-state index contributed by atoms with van der Waals surface area (Å²) in [5.41, 5.74) is 0. The molecule has 0 aliphatic heterocycles. The Morgan fingerprint density at radius 1 is 1.43 bits per heavy atom. The molecule has 0 aromatic heterocycles. The summed E-state index contributed by atoms with van der Waals surface area (Å²) in [5, 5.41) is 0. The maximum atomic E-state index is 11.6. The fraction of sp³-hybridized carbons (Fsp3) is 1.00. The summed E-state index contributed by atoms with van der Waals surface area (Å²) in [6.45, 7) is 8.87. The van der Waals surface area contributed by atoms with Crippen molar-refractivity contribution >= 4 is 22.6 Å². The zero-order valence-corrected chi connectivity index (χ0v) is 11.2. The predicted octanol–water partition coefficient (Wildman–Crippen LogP) is 2.69. The standard InChI is InChI=1S/C10H22ClNOS/c1-9(6-5-7-11)8-12-14(13)10(2,3)4/h9,12H,5-8H2,1-4H3/t9-,14?/m1/s1. The van der Waals surface area contributed by atoms with Gasteiger partial charge in [0.25, 0.3) is 0 Å². The minimum Gasteiger partial charge on any atom is -0.242 e. The molecule has 86 valence electrons. The second kappa shape index (κ2) is 6.81. The lowest BCUT2D eigenvalue weighted by Gasteiger charge is -2.20. The molecule has 0 saturated heterocycles. The molecule has 1 unspecified atom stereocenters. The van der Waals surface area contributed by atoms with Crippen molar-refractivity contribution in [3.05, 3.63) is 0 Å². The summed E-state index contributed by atoms with van der Waals surface area (Å²) >= 11 is 5.60. The average molecular weight is 240 g/mol. The van der Waals surface area contributed by atoms with Crippen molar-refractivity contribution in [3.63, 3.8) is 0 Å². The first kappa shape index (κ1) is 14.4. The number of halogens is 1. The average Bonchev–Trinajstić information content (AvgIpc) is 2.09. The molecule has 0 radical (unpaired) electrons. The van der Waals surface area contributed by atoms with Crippen LogP contribution in [0.5, 0.6) is 0 Å². The van der Waals surface area contributed by atoms with Crippen LogP contribution in [0.4, 0.5) is 0 Å². The predicted molar refractivity (Wildman–Crippen MR) is 65.0 cm³/mol. The minimum atomic E-state index is -0.946. The molecule has 0 heterocycles. The van der Waals surface area contributed by atoms with E-state index in [9.17, 15) is 4.21 Å². The van der Waals surface area contributed by atoms with E-state index < -0.39 is 11.0 Å². The summed E-state index contributed by atoms with van der Waals surface area (Å²) in [7, 11) is -0.946. The third-order valence-electron chi connectivity index (χ3n) is 1.95. The molecule has 0 fully saturated rings. The van der Waals surface area contributed by atoms with E-state index in [-0.39, 0.29) is 4.75 Å². The molecule has 0 aliphatic rings. The highest BCUT2D eigenvalue weighted by Gasteiger charge is 2.19. The lowest BCUT2D eigenvalue weighted by molar-refractivity contribution is 0.515. The SMILES string of the molecule is C[C@H](CCCCl)CNS(=O)C(C)(C)C. The van der Waals surface area contributed by atoms with Crippen LogP contribution in [0.3, 0.4) is 0 Å². The van der Waals surface area contributed by atoms with Crippen molar-refractivity contribution in [2.45, 2.75) is 45.3 Å². The molecule has 0 spiro atoms. The lowest BCUT2D eigenvalue weighted by Crippen LogP contribution is -2.35. The normalized spacial score (nSPS) is 16.6. The van der Waals surface area contributed by atoms with Gasteiger partial charge < -0.3 is 0 Å². The molecule has 2 nitrogen and oxygen atoms in total. The number of hydrogen-bond donors (Lipinski definition) is 1. The molecular formula is C10H22ClNOS. The second-order valence-electron chi connectivity index (χ2n) is 4.67. The van der Waals surface area contributed by atoms with Gasteiger partial charge in [0.1, 0.15) is 0 Å². The number of alkyl halides is 1. The van der Waals surface area contributed by atoms with Crippen LogP contribution in [0.25, 0.3) is 0 Å². The molecule has 0 aliphatic carbocycles. The van der Waals surface area contributed by atoms with Crippen molar-refractivity contribution in [1.29, 1.82) is 0 Å². The van der Waals surface area contributed by atoms with Gasteiger partial charge in [0.05, 0.1) is 15.7 Å². The van der Waals surface area contributed by atoms with E-state index in [1.54, 1.807) is 0 Å². The van der Waals surface area contributed by atoms with E-state index in [0.717, 1.165) is 19.4 Å². The van der Waals surface area contributed by atoms with Crippen LogP contribution in [-0.2, 0) is 11.0 Å². The van der Waals surface area contributed by atoms with Crippen molar-refractivity contribution in [1.82, 2.24) is 4.72 Å². The fourth-order valence-corrected chi connectivity index (χ4v) is 1.99. The first-order valence-electron chi connectivity index (χ1n) is 5.09. The van der Waals surface area contributed by atoms with Crippen LogP contribution in [-0.4, -0.2) is 21.4 Å². The zero-order chi connectivity index (χ0) is 11.2. The van der Waals surface area contributed by atoms with Crippen molar-refractivity contribution in [2.24, 2.45) is 5.92 Å². The highest BCUT2D eigenvalue weighted by atomic mass is 35.5. The molecule has 0 bridgehead atoms. The summed E-state index contributed by atoms with van der Waals surface area (Å²) in [5.74, 6) is 1.26. The largest absolute Gasteiger partial charge is 0.242 e. The molecule has 0 aromatic rings. The van der Waals surface area contributed by atoms with Crippen LogP contribution in [0, 0.1) is 5.92 Å². The quantitative estimate of drug-likeness (QED) is 0.710. The summed E-state index contributed by atoms with van der Waals surface area (Å²) in [6.07, 6.45) is 2.13. The van der Waals surface area contributed by atoms with E-state index in [0.29, 0.717) is 11.8 Å². The van der Waals surface area contributed by atoms with Gasteiger partial charge in [0.2, 0.25) is 0 Å². The van der Waals surface area contributed by atoms with Gasteiger partial charge >= 0.3 is 0 Å². The zero-order valence-electron chi connectivity index (χ0n) is 9.60. The van der Waals surface area contributed by atoms with E-state index in [2.05, 4.69) is 11.6 Å². The van der Waals surface area contributed by atoms with Crippen molar-refractivity contribution < 1.29 is 4.21 Å². The molecule has 0 aromatic carbocycles. The Hall–Kier alpha value is 0.400. The molecule has 14 heavy (non-hydrogen) atoms. The van der Waals surface area contributed by atoms with E-state index in [4.69, 9.17) is 11.6 Å². The maximum Gasteiger partial charge on any atom is 0.0970 e. The molecule has 0 amide bonds. The molecule has 0 rings (SSSR count). The van der Waals surface area contributed by atoms with Gasteiger partial charge in [0.15, 0.2) is 0 Å². The molecule has 4 heteroatoms. The summed E-state index contributed by atoms with van der Waals surface area (Å²) in [6, 6.07) is 0. The number of hydrogen-bond acceptors (Lipinski definition) is 1. The third kappa shape index (κ3) is 6.80. The van der Waals surface area contributed by atoms with Crippen LogP contribution >= 0.6 is 11.6 Å². The summed E-state index contributed by atoms with van der Waals surface area (Å²) in [4.78, 5) is 0. The van der Waals surface area contributed by atoms with Crippen LogP contribution in [0.1, 0.15) is 40.5 Å². The summed E-state index contributed by atoms with van der Waals surface area (Å²) < 4.78 is 14.5. The van der Waals surface area contributed by atoms with Crippen LogP contribution in [0.2, 0.25) is 0 Å². The van der Waals surface area contributed by atoms with Gasteiger partial charge in [-0.1, -0.05) is 6.92 Å². The van der Waals surface area contributed by atoms with Gasteiger partial charge in [-0.25, -0.2) is 8.93 Å². The first-order valence-corrected chi connectivity index (χ1v) is 6.77. The molecule has 1 N–H and O–H groups in total. The van der Waals surface area contributed by atoms with Crippen molar-refractivity contribution in [3.8, 4) is 0 Å². The van der Waals surface area contributed by atoms with Gasteiger partial charge in [-0.3, -0.25) is 0 Å². The molecule has 0 saturated carbocycles. The van der Waals surface area contributed by atoms with Crippen LogP contribution in [0.15, 0.2) is 0 Å². The van der Waals surface area contributed by atoms with E-state index in [1.807, 2.05) is 20.8 Å². The van der Waals surface area contributed by atoms with E-state index in [1.165, 1.54) is 0 Å². The first-order chi connectivity index (χ1) is 6.38. The Morgan fingerprint density at radius 2 is 2.00 bits per heavy atom. The molecule has 2 atom stereocenters. The van der Waals surface area contributed by atoms with E-state index >= 15 is 0 Å². The minimum absolute atomic E-state index is 0.174. The van der Waals surface area contributed by atoms with Gasteiger partial charge in [-0.05, 0) is 39.5 Å². The van der Waals surface area contributed by atoms with Crippen LogP contribution < -0.4 is 4.72 Å². The Labute approximate surface area is 95.4 Å². The maximum absolute atomic E-state index is 11.6. The van der Waals surface area contributed by atoms with Gasteiger partial charge in [0, 0.05) is 12.4 Å². The number of rotatable bonds is 6. The topological polar surface area (TPSA) is 29.1 Å². The smallest absolute Gasteiger partial charge is 0.0970 e. The van der Waals surface area contributed by atoms with Gasteiger partial charge in [-0.15, -0.1) is 11.6 Å².